The van der Waals surface area contributed by atoms with Crippen molar-refractivity contribution in [3.05, 3.63) is 74.0 Å². The summed E-state index contributed by atoms with van der Waals surface area (Å²) in [5.41, 5.74) is 5.67. The number of halogens is 1. The predicted octanol–water partition coefficient (Wildman–Crippen LogP) is 5.16. The number of hydrogen-bond acceptors (Lipinski definition) is 8. The molecule has 224 valence electrons. The van der Waals surface area contributed by atoms with Gasteiger partial charge in [0.2, 0.25) is 5.95 Å². The smallest absolute Gasteiger partial charge is 0.281 e. The molecule has 4 aromatic rings. The summed E-state index contributed by atoms with van der Waals surface area (Å²) in [7, 11) is 1.81. The quantitative estimate of drug-likeness (QED) is 0.206. The van der Waals surface area contributed by atoms with E-state index < -0.39 is 0 Å². The monoisotopic (exact) mass is 618 g/mol. The van der Waals surface area contributed by atoms with E-state index in [-0.39, 0.29) is 28.4 Å². The maximum Gasteiger partial charge on any atom is 0.281 e. The molecule has 3 aromatic heterocycles. The van der Waals surface area contributed by atoms with Gasteiger partial charge in [-0.05, 0) is 75.3 Å². The van der Waals surface area contributed by atoms with Crippen molar-refractivity contribution in [2.45, 2.75) is 51.6 Å². The number of hydrogen-bond donors (Lipinski definition) is 2. The maximum atomic E-state index is 13.7. The zero-order chi connectivity index (χ0) is 30.2. The van der Waals surface area contributed by atoms with E-state index in [1.54, 1.807) is 23.0 Å². The number of benzene rings is 1. The third-order valence-corrected chi connectivity index (χ3v) is 9.69. The Bertz CT molecular complexity index is 1820. The van der Waals surface area contributed by atoms with E-state index in [1.807, 2.05) is 27.0 Å². The van der Waals surface area contributed by atoms with Crippen molar-refractivity contribution in [1.82, 2.24) is 29.0 Å². The average molecular weight is 619 g/mol. The lowest BCUT2D eigenvalue weighted by atomic mass is 10.0. The van der Waals surface area contributed by atoms with E-state index in [2.05, 4.69) is 43.7 Å². The Labute approximate surface area is 259 Å². The van der Waals surface area contributed by atoms with Crippen LogP contribution in [0.2, 0.25) is 5.15 Å². The van der Waals surface area contributed by atoms with E-state index in [0.717, 1.165) is 24.2 Å². The van der Waals surface area contributed by atoms with Gasteiger partial charge in [-0.1, -0.05) is 29.6 Å². The van der Waals surface area contributed by atoms with Crippen LogP contribution >= 0.6 is 23.5 Å². The molecule has 2 saturated carbocycles. The number of aromatic nitrogens is 5. The highest BCUT2D eigenvalue weighted by atomic mass is 35.5. The molecule has 1 amide bonds. The first-order chi connectivity index (χ1) is 20.6. The van der Waals surface area contributed by atoms with Gasteiger partial charge in [0.05, 0.1) is 34.4 Å². The number of nitrogens with one attached hydrogen (secondary N) is 2. The number of fused-ring (bicyclic) bond motifs is 2. The van der Waals surface area contributed by atoms with Gasteiger partial charge >= 0.3 is 0 Å². The van der Waals surface area contributed by atoms with Crippen LogP contribution in [0.1, 0.15) is 70.8 Å². The highest BCUT2D eigenvalue weighted by Crippen LogP contribution is 2.58. The molecule has 3 aliphatic rings. The fourth-order valence-electron chi connectivity index (χ4n) is 6.82. The first-order valence-electron chi connectivity index (χ1n) is 14.7. The molecule has 3 fully saturated rings. The van der Waals surface area contributed by atoms with Gasteiger partial charge < -0.3 is 10.2 Å². The molecule has 3 unspecified atom stereocenters. The Kier molecular flexibility index (Phi) is 6.92. The molecule has 0 bridgehead atoms. The second-order valence-electron chi connectivity index (χ2n) is 12.2. The van der Waals surface area contributed by atoms with Gasteiger partial charge in [-0.25, -0.2) is 9.97 Å². The number of rotatable bonds is 8. The van der Waals surface area contributed by atoms with Gasteiger partial charge in [0.15, 0.2) is 5.69 Å². The summed E-state index contributed by atoms with van der Waals surface area (Å²) in [5.74, 6) is 1.88. The van der Waals surface area contributed by atoms with Crippen molar-refractivity contribution < 1.29 is 4.79 Å². The number of anilines is 2. The lowest BCUT2D eigenvalue weighted by molar-refractivity contribution is 0.0980. The minimum atomic E-state index is -0.339. The number of carbonyl (C=O) groups is 1. The molecular weight excluding hydrogens is 584 g/mol. The molecule has 1 saturated heterocycles. The van der Waals surface area contributed by atoms with E-state index in [9.17, 15) is 9.59 Å². The zero-order valence-electron chi connectivity index (χ0n) is 24.9. The second kappa shape index (κ2) is 10.6. The molecule has 10 nitrogen and oxygen atoms in total. The summed E-state index contributed by atoms with van der Waals surface area (Å²) in [6.07, 6.45) is 4.24. The number of nitrogens with zero attached hydrogens (tertiary/aromatic N) is 6. The molecule has 0 spiro atoms. The summed E-state index contributed by atoms with van der Waals surface area (Å²) in [6, 6.07) is 9.93. The van der Waals surface area contributed by atoms with Crippen molar-refractivity contribution in [2.75, 3.05) is 29.6 Å². The molecule has 2 aliphatic carbocycles. The van der Waals surface area contributed by atoms with E-state index in [4.69, 9.17) is 21.7 Å². The minimum Gasteiger partial charge on any atom is -0.377 e. The lowest BCUT2D eigenvalue weighted by Gasteiger charge is -2.25. The Balaban J connectivity index is 1.18. The minimum absolute atomic E-state index is 0.0683. The van der Waals surface area contributed by atoms with E-state index >= 15 is 0 Å². The Hall–Kier alpha value is -3.57. The van der Waals surface area contributed by atoms with Gasteiger partial charge in [-0.3, -0.25) is 23.6 Å². The molecular formula is C31H35ClN8O2S. The van der Waals surface area contributed by atoms with Gasteiger partial charge in [-0.15, -0.1) is 0 Å². The van der Waals surface area contributed by atoms with Crippen LogP contribution in [0.4, 0.5) is 11.6 Å². The zero-order valence-corrected chi connectivity index (χ0v) is 26.5. The number of piperidine rings is 1. The van der Waals surface area contributed by atoms with Gasteiger partial charge in [0.25, 0.3) is 11.5 Å². The van der Waals surface area contributed by atoms with Crippen LogP contribution in [0.3, 0.4) is 0 Å². The van der Waals surface area contributed by atoms with Crippen molar-refractivity contribution in [1.29, 1.82) is 0 Å². The van der Waals surface area contributed by atoms with Crippen LogP contribution in [0.25, 0.3) is 10.9 Å². The third-order valence-electron chi connectivity index (χ3n) is 9.09. The summed E-state index contributed by atoms with van der Waals surface area (Å²) in [6.45, 7) is 7.85. The molecule has 4 heterocycles. The van der Waals surface area contributed by atoms with Crippen LogP contribution in [-0.2, 0) is 7.05 Å². The van der Waals surface area contributed by atoms with Gasteiger partial charge in [0, 0.05) is 43.6 Å². The summed E-state index contributed by atoms with van der Waals surface area (Å²) < 4.78 is 6.61. The first kappa shape index (κ1) is 28.2. The standard InChI is InChI=1S/C31H35ClN8O2S/c1-15-10-19(17(3)33-23-8-9-25(32)34-28(23)29(41)37-43-5)27-20(11-15)30(42)38(4)31(35-27)39-13-21-22(14-39)26(21)24-12-16(2)40(36-24)18-6-7-18/h8-12,17-18,21-22,26,33H,6-7,13-14H2,1-5H3,(H,37,41). The van der Waals surface area contributed by atoms with Crippen molar-refractivity contribution in [2.24, 2.45) is 18.9 Å². The van der Waals surface area contributed by atoms with E-state index in [1.165, 1.54) is 36.2 Å². The van der Waals surface area contributed by atoms with Crippen molar-refractivity contribution in [3.8, 4) is 0 Å². The fourth-order valence-corrected chi connectivity index (χ4v) is 7.25. The third kappa shape index (κ3) is 4.96. The maximum absolute atomic E-state index is 13.7. The largest absolute Gasteiger partial charge is 0.377 e. The number of aryl methyl sites for hydroxylation is 2. The molecule has 43 heavy (non-hydrogen) atoms. The molecule has 1 aliphatic heterocycles. The van der Waals surface area contributed by atoms with Crippen molar-refractivity contribution in [3.63, 3.8) is 0 Å². The summed E-state index contributed by atoms with van der Waals surface area (Å²) >= 11 is 7.32. The molecule has 3 atom stereocenters. The van der Waals surface area contributed by atoms with E-state index in [0.29, 0.717) is 46.3 Å². The summed E-state index contributed by atoms with van der Waals surface area (Å²) in [4.78, 5) is 38.1. The van der Waals surface area contributed by atoms with Gasteiger partial charge in [-0.2, -0.15) is 5.10 Å². The second-order valence-corrected chi connectivity index (χ2v) is 13.2. The number of carbonyl (C=O) groups excluding carboxylic acids is 1. The molecule has 7 rings (SSSR count). The fraction of sp³-hybridized carbons (Fsp3) is 0.452. The summed E-state index contributed by atoms with van der Waals surface area (Å²) in [5, 5.41) is 9.22. The van der Waals surface area contributed by atoms with Crippen LogP contribution in [-0.4, -0.2) is 49.6 Å². The normalized spacial score (nSPS) is 21.6. The highest BCUT2D eigenvalue weighted by Gasteiger charge is 2.58. The Morgan fingerprint density at radius 2 is 1.86 bits per heavy atom. The SMILES string of the molecule is CSNC(=O)c1nc(Cl)ccc1NC(C)c1cc(C)cc2c(=O)n(C)c(N3CC4C(C3)C4c3cc(C)n(C4CC4)n3)nc12. The van der Waals surface area contributed by atoms with Crippen LogP contribution in [0.5, 0.6) is 0 Å². The lowest BCUT2D eigenvalue weighted by Crippen LogP contribution is -2.32. The highest BCUT2D eigenvalue weighted by molar-refractivity contribution is 7.97. The van der Waals surface area contributed by atoms with Crippen LogP contribution < -0.4 is 20.5 Å². The van der Waals surface area contributed by atoms with Crippen LogP contribution in [0, 0.1) is 25.7 Å². The topological polar surface area (TPSA) is 110 Å². The molecule has 12 heteroatoms. The van der Waals surface area contributed by atoms with Crippen molar-refractivity contribution >= 4 is 52.0 Å². The van der Waals surface area contributed by atoms with Crippen LogP contribution in [0.15, 0.2) is 35.1 Å². The average Bonchev–Trinajstić information content (AvgIpc) is 3.86. The first-order valence-corrected chi connectivity index (χ1v) is 16.3. The molecule has 2 N–H and O–H groups in total. The predicted molar refractivity (Wildman–Crippen MR) is 171 cm³/mol. The molecule has 0 radical (unpaired) electrons. The Morgan fingerprint density at radius 3 is 2.56 bits per heavy atom. The van der Waals surface area contributed by atoms with Gasteiger partial charge in [0.1, 0.15) is 5.15 Å². The number of amides is 1. The Morgan fingerprint density at radius 1 is 1.12 bits per heavy atom. The molecule has 1 aromatic carbocycles. The number of pyridine rings is 1.